The van der Waals surface area contributed by atoms with Gasteiger partial charge in [0, 0.05) is 0 Å². The Morgan fingerprint density at radius 2 is 1.00 bits per heavy atom. The third-order valence-corrected chi connectivity index (χ3v) is 7.46. The van der Waals surface area contributed by atoms with Gasteiger partial charge in [-0.25, -0.2) is 0 Å². The topological polar surface area (TPSA) is 74.6 Å². The van der Waals surface area contributed by atoms with E-state index in [1.807, 2.05) is 0 Å². The normalized spacial score (nSPS) is 24.5. The van der Waals surface area contributed by atoms with Gasteiger partial charge in [0.05, 0.1) is 10.8 Å². The lowest BCUT2D eigenvalue weighted by Crippen LogP contribution is -2.54. The molecule has 0 heterocycles. The Balaban J connectivity index is 2.66. The van der Waals surface area contributed by atoms with Crippen molar-refractivity contribution in [1.82, 2.24) is 0 Å². The summed E-state index contributed by atoms with van der Waals surface area (Å²) >= 11 is 0. The minimum atomic E-state index is -1.09. The molecule has 0 aromatic heterocycles. The van der Waals surface area contributed by atoms with Crippen LogP contribution in [0.3, 0.4) is 0 Å². The van der Waals surface area contributed by atoms with Crippen LogP contribution < -0.4 is 0 Å². The molecular formula is C26H48O4. The van der Waals surface area contributed by atoms with Crippen molar-refractivity contribution in [2.75, 3.05) is 0 Å². The van der Waals surface area contributed by atoms with Crippen molar-refractivity contribution in [3.8, 4) is 0 Å². The van der Waals surface area contributed by atoms with E-state index >= 15 is 0 Å². The third kappa shape index (κ3) is 7.57. The van der Waals surface area contributed by atoms with E-state index in [4.69, 9.17) is 0 Å². The molecule has 0 spiro atoms. The Bertz CT molecular complexity index is 513. The molecule has 0 amide bonds. The number of carboxylic acid groups (broad SMARTS) is 2. The maximum absolute atomic E-state index is 12.5. The quantitative estimate of drug-likeness (QED) is 0.249. The van der Waals surface area contributed by atoms with Crippen LogP contribution in [-0.4, -0.2) is 22.2 Å². The van der Waals surface area contributed by atoms with Gasteiger partial charge in [-0.3, -0.25) is 9.59 Å². The molecule has 1 aliphatic rings. The summed E-state index contributed by atoms with van der Waals surface area (Å²) in [6.45, 7) is 8.82. The molecule has 30 heavy (non-hydrogen) atoms. The zero-order valence-corrected chi connectivity index (χ0v) is 20.2. The van der Waals surface area contributed by atoms with Crippen molar-refractivity contribution in [1.29, 1.82) is 0 Å². The van der Waals surface area contributed by atoms with E-state index in [1.54, 1.807) is 0 Å². The second kappa shape index (κ2) is 13.4. The molecule has 0 aromatic rings. The predicted octanol–water partition coefficient (Wildman–Crippen LogP) is 7.70. The first-order valence-electron chi connectivity index (χ1n) is 12.6. The highest BCUT2D eigenvalue weighted by molar-refractivity contribution is 5.87. The molecule has 1 saturated carbocycles. The first-order chi connectivity index (χ1) is 14.2. The number of hydrogen-bond acceptors (Lipinski definition) is 2. The van der Waals surface area contributed by atoms with Gasteiger partial charge in [0.2, 0.25) is 0 Å². The molecule has 1 rings (SSSR count). The minimum absolute atomic E-state index is 0.503. The van der Waals surface area contributed by atoms with E-state index in [-0.39, 0.29) is 0 Å². The van der Waals surface area contributed by atoms with E-state index in [9.17, 15) is 19.8 Å². The fourth-order valence-electron chi connectivity index (χ4n) is 5.57. The van der Waals surface area contributed by atoms with E-state index in [1.165, 1.54) is 32.1 Å². The van der Waals surface area contributed by atoms with Crippen molar-refractivity contribution >= 4 is 11.9 Å². The van der Waals surface area contributed by atoms with Crippen LogP contribution in [0.25, 0.3) is 0 Å². The van der Waals surface area contributed by atoms with Crippen molar-refractivity contribution in [3.05, 3.63) is 0 Å². The van der Waals surface area contributed by atoms with Crippen LogP contribution in [0.2, 0.25) is 0 Å². The largest absolute Gasteiger partial charge is 0.481 e. The third-order valence-electron chi connectivity index (χ3n) is 7.46. The number of carboxylic acids is 2. The molecule has 2 unspecified atom stereocenters. The van der Waals surface area contributed by atoms with E-state index in [0.29, 0.717) is 31.6 Å². The maximum Gasteiger partial charge on any atom is 0.310 e. The molecule has 2 atom stereocenters. The van der Waals surface area contributed by atoms with Crippen LogP contribution in [0.4, 0.5) is 0 Å². The van der Waals surface area contributed by atoms with Crippen LogP contribution in [-0.2, 0) is 9.59 Å². The second-order valence-corrected chi connectivity index (χ2v) is 10.7. The lowest BCUT2D eigenvalue weighted by atomic mass is 9.52. The monoisotopic (exact) mass is 424 g/mol. The minimum Gasteiger partial charge on any atom is -0.481 e. The Kier molecular flexibility index (Phi) is 12.0. The second-order valence-electron chi connectivity index (χ2n) is 10.7. The molecule has 0 radical (unpaired) electrons. The Hall–Kier alpha value is -1.06. The highest BCUT2D eigenvalue weighted by atomic mass is 16.4. The highest BCUT2D eigenvalue weighted by Gasteiger charge is 2.61. The molecule has 0 bridgehead atoms. The standard InChI is InChI=1S/C26H48O4/c1-21(2)15-10-8-6-5-7-9-11-17-25(23(27)28)18-12-13-19-26(25,24(29)30)20-14-16-22(3)4/h21-22H,5-20H2,1-4H3,(H,27,28)(H,29,30). The molecule has 0 saturated heterocycles. The number of aliphatic carboxylic acids is 2. The molecule has 176 valence electrons. The average molecular weight is 425 g/mol. The average Bonchev–Trinajstić information content (AvgIpc) is 2.66. The fourth-order valence-corrected chi connectivity index (χ4v) is 5.57. The summed E-state index contributed by atoms with van der Waals surface area (Å²) < 4.78 is 0. The number of carbonyl (C=O) groups is 2. The van der Waals surface area contributed by atoms with Gasteiger partial charge in [-0.2, -0.15) is 0 Å². The van der Waals surface area contributed by atoms with E-state index < -0.39 is 22.8 Å². The fraction of sp³-hybridized carbons (Fsp3) is 0.923. The lowest BCUT2D eigenvalue weighted by Gasteiger charge is -2.49. The molecule has 4 nitrogen and oxygen atoms in total. The summed E-state index contributed by atoms with van der Waals surface area (Å²) in [5.74, 6) is -0.455. The van der Waals surface area contributed by atoms with Gasteiger partial charge in [0.25, 0.3) is 0 Å². The molecule has 4 heteroatoms. The number of rotatable bonds is 16. The summed E-state index contributed by atoms with van der Waals surface area (Å²) in [5, 5.41) is 20.5. The molecule has 2 N–H and O–H groups in total. The van der Waals surface area contributed by atoms with Crippen molar-refractivity contribution < 1.29 is 19.8 Å². The molecule has 0 aliphatic heterocycles. The van der Waals surface area contributed by atoms with Crippen LogP contribution in [0, 0.1) is 22.7 Å². The van der Waals surface area contributed by atoms with Crippen LogP contribution in [0.5, 0.6) is 0 Å². The molecule has 1 fully saturated rings. The van der Waals surface area contributed by atoms with Crippen LogP contribution in [0.15, 0.2) is 0 Å². The molecule has 1 aliphatic carbocycles. The maximum atomic E-state index is 12.5. The van der Waals surface area contributed by atoms with E-state index in [0.717, 1.165) is 50.9 Å². The first kappa shape index (κ1) is 27.0. The van der Waals surface area contributed by atoms with Gasteiger partial charge in [0.15, 0.2) is 0 Å². The van der Waals surface area contributed by atoms with Crippen LogP contribution >= 0.6 is 0 Å². The Morgan fingerprint density at radius 3 is 1.43 bits per heavy atom. The Labute approximate surface area is 185 Å². The predicted molar refractivity (Wildman–Crippen MR) is 124 cm³/mol. The van der Waals surface area contributed by atoms with Gasteiger partial charge in [-0.15, -0.1) is 0 Å². The summed E-state index contributed by atoms with van der Waals surface area (Å²) in [6, 6.07) is 0. The van der Waals surface area contributed by atoms with Crippen molar-refractivity contribution in [2.45, 2.75) is 130 Å². The van der Waals surface area contributed by atoms with Crippen LogP contribution in [0.1, 0.15) is 130 Å². The zero-order chi connectivity index (χ0) is 22.6. The summed E-state index contributed by atoms with van der Waals surface area (Å²) in [5.41, 5.74) is -2.19. The summed E-state index contributed by atoms with van der Waals surface area (Å²) in [6.07, 6.45) is 14.8. The lowest BCUT2D eigenvalue weighted by molar-refractivity contribution is -0.182. The van der Waals surface area contributed by atoms with Gasteiger partial charge in [0.1, 0.15) is 0 Å². The van der Waals surface area contributed by atoms with E-state index in [2.05, 4.69) is 27.7 Å². The zero-order valence-electron chi connectivity index (χ0n) is 20.2. The van der Waals surface area contributed by atoms with Gasteiger partial charge in [-0.05, 0) is 37.5 Å². The highest BCUT2D eigenvalue weighted by Crippen LogP contribution is 2.57. The van der Waals surface area contributed by atoms with Crippen molar-refractivity contribution in [2.24, 2.45) is 22.7 Å². The SMILES string of the molecule is CC(C)CCCCCCCCCC1(C(=O)O)CCCCC1(CCCC(C)C)C(=O)O. The Morgan fingerprint density at radius 1 is 0.633 bits per heavy atom. The number of hydrogen-bond donors (Lipinski definition) is 2. The van der Waals surface area contributed by atoms with Gasteiger partial charge in [-0.1, -0.05) is 105 Å². The number of unbranched alkanes of at least 4 members (excludes halogenated alkanes) is 6. The molecule has 0 aromatic carbocycles. The smallest absolute Gasteiger partial charge is 0.310 e. The first-order valence-corrected chi connectivity index (χ1v) is 12.6. The summed E-state index contributed by atoms with van der Waals surface area (Å²) in [4.78, 5) is 25.0. The summed E-state index contributed by atoms with van der Waals surface area (Å²) in [7, 11) is 0. The van der Waals surface area contributed by atoms with Gasteiger partial charge < -0.3 is 10.2 Å². The van der Waals surface area contributed by atoms with Gasteiger partial charge >= 0.3 is 11.9 Å². The van der Waals surface area contributed by atoms with Crippen molar-refractivity contribution in [3.63, 3.8) is 0 Å². The molecular weight excluding hydrogens is 376 g/mol.